The Morgan fingerprint density at radius 3 is 2.40 bits per heavy atom. The molecule has 4 nitrogen and oxygen atoms in total. The molecule has 1 N–H and O–H groups in total. The fourth-order valence-electron chi connectivity index (χ4n) is 2.67. The van der Waals surface area contributed by atoms with Crippen molar-refractivity contribution < 1.29 is 18.3 Å². The molecule has 110 valence electrons. The minimum atomic E-state index is -3.28. The molecule has 1 saturated carbocycles. The lowest BCUT2D eigenvalue weighted by Crippen LogP contribution is -2.12. The zero-order valence-corrected chi connectivity index (χ0v) is 12.8. The van der Waals surface area contributed by atoms with Gasteiger partial charge >= 0.3 is 5.97 Å². The molecule has 1 unspecified atom stereocenters. The van der Waals surface area contributed by atoms with E-state index in [0.29, 0.717) is 5.92 Å². The maximum absolute atomic E-state index is 11.8. The van der Waals surface area contributed by atoms with E-state index in [2.05, 4.69) is 0 Å². The van der Waals surface area contributed by atoms with Gasteiger partial charge in [-0.2, -0.15) is 0 Å². The predicted octanol–water partition coefficient (Wildman–Crippen LogP) is 2.68. The zero-order chi connectivity index (χ0) is 15.1. The molecular formula is C15H20O4S. The number of sulfone groups is 1. The van der Waals surface area contributed by atoms with Gasteiger partial charge in [-0.15, -0.1) is 0 Å². The summed E-state index contributed by atoms with van der Waals surface area (Å²) in [5, 5.41) is 9.09. The van der Waals surface area contributed by atoms with E-state index < -0.39 is 15.8 Å². The lowest BCUT2D eigenvalue weighted by atomic mass is 9.86. The molecule has 0 radical (unpaired) electrons. The Bertz CT molecular complexity index is 642. The van der Waals surface area contributed by atoms with E-state index in [-0.39, 0.29) is 17.2 Å². The van der Waals surface area contributed by atoms with Crippen molar-refractivity contribution in [3.63, 3.8) is 0 Å². The third-order valence-electron chi connectivity index (χ3n) is 4.09. The molecule has 1 aromatic carbocycles. The summed E-state index contributed by atoms with van der Waals surface area (Å²) >= 11 is 0. The van der Waals surface area contributed by atoms with Crippen molar-refractivity contribution >= 4 is 15.8 Å². The third kappa shape index (κ3) is 3.20. The number of carboxylic acid groups (broad SMARTS) is 1. The minimum absolute atomic E-state index is 0.0676. The Kier molecular flexibility index (Phi) is 3.91. The van der Waals surface area contributed by atoms with E-state index in [0.717, 1.165) is 29.5 Å². The maximum atomic E-state index is 11.8. The summed E-state index contributed by atoms with van der Waals surface area (Å²) in [7, 11) is -3.28. The van der Waals surface area contributed by atoms with E-state index in [1.165, 1.54) is 6.26 Å². The van der Waals surface area contributed by atoms with Crippen molar-refractivity contribution in [1.82, 2.24) is 0 Å². The number of hydrogen-bond donors (Lipinski definition) is 1. The van der Waals surface area contributed by atoms with Crippen LogP contribution in [-0.4, -0.2) is 25.7 Å². The first-order valence-electron chi connectivity index (χ1n) is 6.73. The molecule has 0 aliphatic heterocycles. The Labute approximate surface area is 119 Å². The number of carbonyl (C=O) groups is 1. The van der Waals surface area contributed by atoms with E-state index in [1.807, 2.05) is 13.8 Å². The molecule has 0 saturated heterocycles. The van der Waals surface area contributed by atoms with Crippen molar-refractivity contribution in [2.24, 2.45) is 5.92 Å². The number of hydrogen-bond acceptors (Lipinski definition) is 3. The molecule has 0 bridgehead atoms. The highest BCUT2D eigenvalue weighted by molar-refractivity contribution is 7.90. The van der Waals surface area contributed by atoms with Crippen LogP contribution in [0.2, 0.25) is 0 Å². The van der Waals surface area contributed by atoms with Crippen LogP contribution in [0.1, 0.15) is 41.9 Å². The Balaban J connectivity index is 2.53. The number of rotatable bonds is 5. The Morgan fingerprint density at radius 2 is 1.95 bits per heavy atom. The summed E-state index contributed by atoms with van der Waals surface area (Å²) in [5.74, 6) is -0.532. The lowest BCUT2D eigenvalue weighted by molar-refractivity contribution is -0.137. The summed E-state index contributed by atoms with van der Waals surface area (Å²) in [4.78, 5) is 11.4. The highest BCUT2D eigenvalue weighted by Crippen LogP contribution is 2.46. The summed E-state index contributed by atoms with van der Waals surface area (Å²) in [5.41, 5.74) is 2.80. The average molecular weight is 296 g/mol. The highest BCUT2D eigenvalue weighted by Gasteiger charge is 2.35. The van der Waals surface area contributed by atoms with Gasteiger partial charge in [0.1, 0.15) is 0 Å². The summed E-state index contributed by atoms with van der Waals surface area (Å²) in [6.07, 6.45) is 3.31. The van der Waals surface area contributed by atoms with Crippen LogP contribution in [0, 0.1) is 19.8 Å². The van der Waals surface area contributed by atoms with Gasteiger partial charge in [-0.05, 0) is 67.3 Å². The van der Waals surface area contributed by atoms with E-state index in [4.69, 9.17) is 5.11 Å². The fraction of sp³-hybridized carbons (Fsp3) is 0.533. The van der Waals surface area contributed by atoms with E-state index in [1.54, 1.807) is 12.1 Å². The van der Waals surface area contributed by atoms with Gasteiger partial charge in [-0.25, -0.2) is 8.42 Å². The van der Waals surface area contributed by atoms with E-state index >= 15 is 0 Å². The van der Waals surface area contributed by atoms with Gasteiger partial charge in [-0.3, -0.25) is 4.79 Å². The monoisotopic (exact) mass is 296 g/mol. The third-order valence-corrected chi connectivity index (χ3v) is 5.19. The zero-order valence-electron chi connectivity index (χ0n) is 12.0. The van der Waals surface area contributed by atoms with Gasteiger partial charge in [0.05, 0.1) is 11.3 Å². The van der Waals surface area contributed by atoms with Crippen LogP contribution in [0.5, 0.6) is 0 Å². The quantitative estimate of drug-likeness (QED) is 0.906. The summed E-state index contributed by atoms with van der Waals surface area (Å²) in [6.45, 7) is 3.81. The molecule has 1 aliphatic carbocycles. The van der Waals surface area contributed by atoms with E-state index in [9.17, 15) is 13.2 Å². The van der Waals surface area contributed by atoms with Crippen LogP contribution >= 0.6 is 0 Å². The van der Waals surface area contributed by atoms with Crippen molar-refractivity contribution in [1.29, 1.82) is 0 Å². The van der Waals surface area contributed by atoms with Crippen LogP contribution < -0.4 is 0 Å². The molecule has 5 heteroatoms. The molecule has 2 rings (SSSR count). The molecular weight excluding hydrogens is 276 g/mol. The van der Waals surface area contributed by atoms with Crippen LogP contribution in [0.3, 0.4) is 0 Å². The highest BCUT2D eigenvalue weighted by atomic mass is 32.2. The molecule has 0 heterocycles. The number of aryl methyl sites for hydroxylation is 1. The second-order valence-corrected chi connectivity index (χ2v) is 7.78. The molecule has 1 atom stereocenters. The first-order chi connectivity index (χ1) is 9.20. The first kappa shape index (κ1) is 15.0. The summed E-state index contributed by atoms with van der Waals surface area (Å²) < 4.78 is 23.5. The molecule has 0 aromatic heterocycles. The molecule has 1 aliphatic rings. The first-order valence-corrected chi connectivity index (χ1v) is 8.62. The SMILES string of the molecule is Cc1cc(S(C)(=O)=O)cc(C(CC(=O)O)C2CC2)c1C. The molecule has 0 amide bonds. The van der Waals surface area contributed by atoms with Gasteiger partial charge in [0.25, 0.3) is 0 Å². The van der Waals surface area contributed by atoms with Crippen molar-refractivity contribution in [3.05, 3.63) is 28.8 Å². The smallest absolute Gasteiger partial charge is 0.303 e. The Morgan fingerprint density at radius 1 is 1.35 bits per heavy atom. The van der Waals surface area contributed by atoms with Gasteiger partial charge in [0, 0.05) is 6.26 Å². The number of carboxylic acids is 1. The topological polar surface area (TPSA) is 71.4 Å². The van der Waals surface area contributed by atoms with Gasteiger partial charge < -0.3 is 5.11 Å². The normalized spacial score (nSPS) is 16.9. The average Bonchev–Trinajstić information content (AvgIpc) is 3.12. The van der Waals surface area contributed by atoms with Crippen LogP contribution in [0.15, 0.2) is 17.0 Å². The fourth-order valence-corrected chi connectivity index (χ4v) is 3.40. The van der Waals surface area contributed by atoms with Gasteiger partial charge in [0.15, 0.2) is 9.84 Å². The lowest BCUT2D eigenvalue weighted by Gasteiger charge is -2.20. The molecule has 20 heavy (non-hydrogen) atoms. The second kappa shape index (κ2) is 5.20. The van der Waals surface area contributed by atoms with Gasteiger partial charge in [-0.1, -0.05) is 0 Å². The molecule has 1 aromatic rings. The van der Waals surface area contributed by atoms with Crippen LogP contribution in [0.4, 0.5) is 0 Å². The second-order valence-electron chi connectivity index (χ2n) is 5.77. The maximum Gasteiger partial charge on any atom is 0.303 e. The molecule has 1 fully saturated rings. The Hall–Kier alpha value is -1.36. The number of benzene rings is 1. The molecule has 0 spiro atoms. The van der Waals surface area contributed by atoms with Crippen molar-refractivity contribution in [2.75, 3.05) is 6.26 Å². The van der Waals surface area contributed by atoms with Crippen LogP contribution in [-0.2, 0) is 14.6 Å². The minimum Gasteiger partial charge on any atom is -0.481 e. The predicted molar refractivity (Wildman–Crippen MR) is 76.7 cm³/mol. The summed E-state index contributed by atoms with van der Waals surface area (Å²) in [6, 6.07) is 3.34. The largest absolute Gasteiger partial charge is 0.481 e. The van der Waals surface area contributed by atoms with Crippen molar-refractivity contribution in [3.8, 4) is 0 Å². The number of aliphatic carboxylic acids is 1. The standard InChI is InChI=1S/C15H20O4S/c1-9-6-12(20(3,18)19)7-13(10(9)2)14(8-15(16)17)11-4-5-11/h6-7,11,14H,4-5,8H2,1-3H3,(H,16,17). The van der Waals surface area contributed by atoms with Gasteiger partial charge in [0.2, 0.25) is 0 Å². The van der Waals surface area contributed by atoms with Crippen molar-refractivity contribution in [2.45, 2.75) is 43.9 Å². The van der Waals surface area contributed by atoms with Crippen LogP contribution in [0.25, 0.3) is 0 Å².